The highest BCUT2D eigenvalue weighted by Gasteiger charge is 2.04. The molecule has 0 radical (unpaired) electrons. The lowest BCUT2D eigenvalue weighted by atomic mass is 10.0. The molecule has 0 saturated carbocycles. The van der Waals surface area contributed by atoms with E-state index in [1.54, 1.807) is 0 Å². The fourth-order valence-electron chi connectivity index (χ4n) is 2.26. The smallest absolute Gasteiger partial charge is 0.0832 e. The summed E-state index contributed by atoms with van der Waals surface area (Å²) < 4.78 is 0. The van der Waals surface area contributed by atoms with Crippen LogP contribution in [-0.4, -0.2) is 25.5 Å². The molecule has 0 aliphatic carbocycles. The zero-order chi connectivity index (χ0) is 15.9. The van der Waals surface area contributed by atoms with Gasteiger partial charge in [-0.2, -0.15) is 10.2 Å². The Bertz CT molecular complexity index is 332. The van der Waals surface area contributed by atoms with E-state index in [9.17, 15) is 0 Å². The zero-order valence-corrected chi connectivity index (χ0v) is 14.5. The summed E-state index contributed by atoms with van der Waals surface area (Å²) in [5, 5.41) is 8.50. The van der Waals surface area contributed by atoms with Crippen molar-refractivity contribution in [3.05, 3.63) is 12.2 Å². The van der Waals surface area contributed by atoms with Crippen LogP contribution in [0, 0.1) is 0 Å². The lowest BCUT2D eigenvalue weighted by Gasteiger charge is -2.07. The van der Waals surface area contributed by atoms with Crippen molar-refractivity contribution in [1.29, 1.82) is 0 Å². The Hall–Kier alpha value is -1.32. The predicted molar refractivity (Wildman–Crippen MR) is 95.0 cm³/mol. The van der Waals surface area contributed by atoms with E-state index in [1.165, 1.54) is 56.9 Å². The van der Waals surface area contributed by atoms with Crippen molar-refractivity contribution in [2.75, 3.05) is 14.1 Å². The normalized spacial score (nSPS) is 12.4. The topological polar surface area (TPSA) is 48.8 Å². The molecule has 0 heterocycles. The van der Waals surface area contributed by atoms with Crippen molar-refractivity contribution in [2.24, 2.45) is 10.2 Å². The van der Waals surface area contributed by atoms with Gasteiger partial charge < -0.3 is 10.9 Å². The van der Waals surface area contributed by atoms with Crippen LogP contribution in [0.3, 0.4) is 0 Å². The van der Waals surface area contributed by atoms with Crippen LogP contribution < -0.4 is 10.9 Å². The van der Waals surface area contributed by atoms with E-state index < -0.39 is 0 Å². The molecule has 0 atom stereocenters. The van der Waals surface area contributed by atoms with E-state index >= 15 is 0 Å². The Morgan fingerprint density at radius 3 is 2.00 bits per heavy atom. The maximum atomic E-state index is 4.30. The van der Waals surface area contributed by atoms with Gasteiger partial charge in [0.25, 0.3) is 0 Å². The summed E-state index contributed by atoms with van der Waals surface area (Å²) in [5.74, 6) is 0. The largest absolute Gasteiger partial charge is 0.313 e. The third-order valence-electron chi connectivity index (χ3n) is 3.52. The molecule has 2 N–H and O–H groups in total. The molecule has 0 aromatic heterocycles. The first-order valence-corrected chi connectivity index (χ1v) is 8.27. The van der Waals surface area contributed by atoms with Crippen molar-refractivity contribution in [2.45, 2.75) is 71.6 Å². The minimum Gasteiger partial charge on any atom is -0.313 e. The van der Waals surface area contributed by atoms with Crippen LogP contribution in [0.25, 0.3) is 0 Å². The standard InChI is InChI=1S/C17H34N4/c1-6-7-12-15(2)13-10-8-9-11-14-17(21-19-5)16(3)20-18-4/h18-19H,2,6-14H2,1,3-5H3/b20-16+,21-17+. The number of nitrogens with zero attached hydrogens (tertiary/aromatic N) is 2. The number of unbranched alkanes of at least 4 members (excludes halogenated alkanes) is 4. The average molecular weight is 294 g/mol. The van der Waals surface area contributed by atoms with Gasteiger partial charge in [0.1, 0.15) is 0 Å². The van der Waals surface area contributed by atoms with Gasteiger partial charge in [0.15, 0.2) is 0 Å². The molecular formula is C17H34N4. The number of hydrogen-bond acceptors (Lipinski definition) is 4. The molecule has 4 nitrogen and oxygen atoms in total. The fourth-order valence-corrected chi connectivity index (χ4v) is 2.26. The molecular weight excluding hydrogens is 260 g/mol. The summed E-state index contributed by atoms with van der Waals surface area (Å²) in [5.41, 5.74) is 9.10. The quantitative estimate of drug-likeness (QED) is 0.231. The van der Waals surface area contributed by atoms with Crippen molar-refractivity contribution in [3.8, 4) is 0 Å². The highest BCUT2D eigenvalue weighted by Crippen LogP contribution is 2.14. The third-order valence-corrected chi connectivity index (χ3v) is 3.52. The first-order valence-electron chi connectivity index (χ1n) is 8.27. The van der Waals surface area contributed by atoms with Gasteiger partial charge in [-0.1, -0.05) is 38.3 Å². The maximum absolute atomic E-state index is 4.30. The second-order valence-electron chi connectivity index (χ2n) is 5.47. The Morgan fingerprint density at radius 2 is 1.43 bits per heavy atom. The van der Waals surface area contributed by atoms with Crippen LogP contribution in [0.1, 0.15) is 71.6 Å². The average Bonchev–Trinajstić information content (AvgIpc) is 2.47. The Labute approximate surface area is 131 Å². The number of rotatable bonds is 13. The summed E-state index contributed by atoms with van der Waals surface area (Å²) in [7, 11) is 3.64. The molecule has 0 fully saturated rings. The molecule has 122 valence electrons. The summed E-state index contributed by atoms with van der Waals surface area (Å²) in [6.45, 7) is 8.38. The third kappa shape index (κ3) is 11.1. The van der Waals surface area contributed by atoms with E-state index in [1.807, 2.05) is 21.0 Å². The van der Waals surface area contributed by atoms with E-state index in [0.717, 1.165) is 17.8 Å². The van der Waals surface area contributed by atoms with Crippen LogP contribution >= 0.6 is 0 Å². The van der Waals surface area contributed by atoms with Crippen LogP contribution in [0.15, 0.2) is 22.4 Å². The second-order valence-corrected chi connectivity index (χ2v) is 5.47. The molecule has 0 spiro atoms. The number of allylic oxidation sites excluding steroid dienone is 1. The highest BCUT2D eigenvalue weighted by molar-refractivity contribution is 6.41. The molecule has 4 heteroatoms. The first-order chi connectivity index (χ1) is 10.2. The van der Waals surface area contributed by atoms with Crippen LogP contribution in [0.2, 0.25) is 0 Å². The first kappa shape index (κ1) is 19.7. The maximum Gasteiger partial charge on any atom is 0.0832 e. The van der Waals surface area contributed by atoms with Crippen LogP contribution in [-0.2, 0) is 0 Å². The summed E-state index contributed by atoms with van der Waals surface area (Å²) in [6.07, 6.45) is 10.9. The molecule has 0 saturated heterocycles. The number of hydrazone groups is 2. The van der Waals surface area contributed by atoms with E-state index in [4.69, 9.17) is 0 Å². The fraction of sp³-hybridized carbons (Fsp3) is 0.765. The van der Waals surface area contributed by atoms with Crippen molar-refractivity contribution < 1.29 is 0 Å². The van der Waals surface area contributed by atoms with Gasteiger partial charge in [0.05, 0.1) is 11.4 Å². The Balaban J connectivity index is 3.80. The zero-order valence-electron chi connectivity index (χ0n) is 14.5. The molecule has 0 unspecified atom stereocenters. The van der Waals surface area contributed by atoms with E-state index in [2.05, 4.69) is 34.6 Å². The monoisotopic (exact) mass is 294 g/mol. The van der Waals surface area contributed by atoms with E-state index in [0.29, 0.717) is 0 Å². The van der Waals surface area contributed by atoms with Gasteiger partial charge in [-0.3, -0.25) is 0 Å². The van der Waals surface area contributed by atoms with Gasteiger partial charge in [-0.25, -0.2) is 0 Å². The molecule has 21 heavy (non-hydrogen) atoms. The summed E-state index contributed by atoms with van der Waals surface area (Å²) >= 11 is 0. The Morgan fingerprint density at radius 1 is 0.857 bits per heavy atom. The molecule has 0 aliphatic heterocycles. The van der Waals surface area contributed by atoms with Crippen LogP contribution in [0.5, 0.6) is 0 Å². The van der Waals surface area contributed by atoms with Crippen molar-refractivity contribution in [1.82, 2.24) is 10.9 Å². The predicted octanol–water partition coefficient (Wildman–Crippen LogP) is 4.24. The van der Waals surface area contributed by atoms with E-state index in [-0.39, 0.29) is 0 Å². The lowest BCUT2D eigenvalue weighted by Crippen LogP contribution is -2.17. The van der Waals surface area contributed by atoms with Gasteiger partial charge in [-0.15, -0.1) is 0 Å². The second kappa shape index (κ2) is 13.7. The molecule has 0 aromatic carbocycles. The minimum atomic E-state index is 0.958. The summed E-state index contributed by atoms with van der Waals surface area (Å²) in [6, 6.07) is 0. The highest BCUT2D eigenvalue weighted by atomic mass is 15.3. The molecule has 0 aromatic rings. The number of hydrogen-bond donors (Lipinski definition) is 2. The number of nitrogens with one attached hydrogen (secondary N) is 2. The SMILES string of the molecule is C=C(CCCC)CCCCCCC(=N\NC)/C(C)=N/NC. The molecule has 0 aliphatic rings. The molecule has 0 rings (SSSR count). The lowest BCUT2D eigenvalue weighted by molar-refractivity contribution is 0.636. The van der Waals surface area contributed by atoms with Gasteiger partial charge in [0, 0.05) is 14.1 Å². The van der Waals surface area contributed by atoms with Crippen molar-refractivity contribution in [3.63, 3.8) is 0 Å². The molecule has 0 amide bonds. The van der Waals surface area contributed by atoms with Crippen molar-refractivity contribution >= 4 is 11.4 Å². The Kier molecular flexibility index (Phi) is 12.8. The summed E-state index contributed by atoms with van der Waals surface area (Å²) in [4.78, 5) is 0. The van der Waals surface area contributed by atoms with Gasteiger partial charge >= 0.3 is 0 Å². The van der Waals surface area contributed by atoms with Gasteiger partial charge in [0.2, 0.25) is 0 Å². The molecule has 0 bridgehead atoms. The van der Waals surface area contributed by atoms with Crippen LogP contribution in [0.4, 0.5) is 0 Å². The van der Waals surface area contributed by atoms with Gasteiger partial charge in [-0.05, 0) is 45.4 Å². The minimum absolute atomic E-state index is 0.958.